The molecule has 0 fully saturated rings. The van der Waals surface area contributed by atoms with Gasteiger partial charge in [0.1, 0.15) is 0 Å². The van der Waals surface area contributed by atoms with Crippen LogP contribution in [0.4, 0.5) is 5.69 Å². The molecule has 2 aromatic carbocycles. The number of fused-ring (bicyclic) bond motifs is 1. The molecule has 7 heteroatoms. The fourth-order valence-electron chi connectivity index (χ4n) is 2.77. The number of pyridine rings is 1. The predicted octanol–water partition coefficient (Wildman–Crippen LogP) is 3.14. The zero-order valence-corrected chi connectivity index (χ0v) is 14.8. The Morgan fingerprint density at radius 1 is 0.964 bits per heavy atom. The Morgan fingerprint density at radius 2 is 1.82 bits per heavy atom. The van der Waals surface area contributed by atoms with E-state index in [1.54, 1.807) is 55.0 Å². The Bertz CT molecular complexity index is 1120. The van der Waals surface area contributed by atoms with Crippen LogP contribution in [-0.2, 0) is 6.54 Å². The Balaban J connectivity index is 1.36. The van der Waals surface area contributed by atoms with Crippen molar-refractivity contribution in [2.45, 2.75) is 6.54 Å². The summed E-state index contributed by atoms with van der Waals surface area (Å²) in [4.78, 5) is 35.5. The molecule has 0 saturated heterocycles. The number of aromatic amines is 1. The number of nitrogens with zero attached hydrogens (tertiary/aromatic N) is 2. The molecule has 4 aromatic rings. The summed E-state index contributed by atoms with van der Waals surface area (Å²) in [5.41, 5.74) is 4.29. The summed E-state index contributed by atoms with van der Waals surface area (Å²) in [6.07, 6.45) is 4.74. The van der Waals surface area contributed by atoms with Crippen molar-refractivity contribution in [3.8, 4) is 0 Å². The van der Waals surface area contributed by atoms with E-state index in [0.29, 0.717) is 23.4 Å². The normalized spacial score (nSPS) is 10.6. The molecule has 0 spiro atoms. The Hall–Kier alpha value is -4.00. The van der Waals surface area contributed by atoms with Gasteiger partial charge in [0.2, 0.25) is 0 Å². The van der Waals surface area contributed by atoms with Gasteiger partial charge >= 0.3 is 0 Å². The molecule has 3 N–H and O–H groups in total. The molecule has 4 rings (SSSR count). The number of amides is 2. The van der Waals surface area contributed by atoms with Crippen molar-refractivity contribution in [2.24, 2.45) is 0 Å². The minimum absolute atomic E-state index is 0.181. The van der Waals surface area contributed by atoms with E-state index in [1.807, 2.05) is 12.1 Å². The van der Waals surface area contributed by atoms with Gasteiger partial charge in [-0.15, -0.1) is 0 Å². The largest absolute Gasteiger partial charge is 0.348 e. The van der Waals surface area contributed by atoms with Crippen LogP contribution in [0.25, 0.3) is 11.0 Å². The number of rotatable bonds is 5. The molecule has 2 aromatic heterocycles. The smallest absolute Gasteiger partial charge is 0.255 e. The van der Waals surface area contributed by atoms with E-state index >= 15 is 0 Å². The van der Waals surface area contributed by atoms with E-state index in [-0.39, 0.29) is 11.8 Å². The maximum Gasteiger partial charge on any atom is 0.255 e. The molecule has 0 aliphatic carbocycles. The van der Waals surface area contributed by atoms with Gasteiger partial charge in [-0.05, 0) is 48.0 Å². The third-order valence-electron chi connectivity index (χ3n) is 4.27. The number of hydrogen-bond donors (Lipinski definition) is 3. The van der Waals surface area contributed by atoms with Gasteiger partial charge in [-0.1, -0.05) is 12.1 Å². The Labute approximate surface area is 160 Å². The van der Waals surface area contributed by atoms with Crippen LogP contribution in [0.3, 0.4) is 0 Å². The summed E-state index contributed by atoms with van der Waals surface area (Å²) >= 11 is 0. The topological polar surface area (TPSA) is 99.8 Å². The number of imidazole rings is 1. The molecule has 0 aliphatic heterocycles. The van der Waals surface area contributed by atoms with E-state index in [9.17, 15) is 9.59 Å². The molecule has 0 unspecified atom stereocenters. The van der Waals surface area contributed by atoms with E-state index in [1.165, 1.54) is 6.20 Å². The fraction of sp³-hybridized carbons (Fsp3) is 0.0476. The Kier molecular flexibility index (Phi) is 4.79. The third-order valence-corrected chi connectivity index (χ3v) is 4.27. The fourth-order valence-corrected chi connectivity index (χ4v) is 2.77. The zero-order valence-electron chi connectivity index (χ0n) is 14.8. The minimum atomic E-state index is -0.200. The van der Waals surface area contributed by atoms with Gasteiger partial charge < -0.3 is 15.6 Å². The molecule has 7 nitrogen and oxygen atoms in total. The molecular formula is C21H17N5O2. The van der Waals surface area contributed by atoms with Crippen LogP contribution in [-0.4, -0.2) is 26.8 Å². The van der Waals surface area contributed by atoms with E-state index in [0.717, 1.165) is 16.6 Å². The van der Waals surface area contributed by atoms with Crippen molar-refractivity contribution >= 4 is 28.5 Å². The summed E-state index contributed by atoms with van der Waals surface area (Å²) in [6.45, 7) is 0.387. The minimum Gasteiger partial charge on any atom is -0.348 e. The average Bonchev–Trinajstić information content (AvgIpc) is 3.21. The molecular weight excluding hydrogens is 354 g/mol. The van der Waals surface area contributed by atoms with Gasteiger partial charge in [0, 0.05) is 30.2 Å². The van der Waals surface area contributed by atoms with E-state index < -0.39 is 0 Å². The number of nitrogens with one attached hydrogen (secondary N) is 3. The second-order valence-corrected chi connectivity index (χ2v) is 6.21. The maximum absolute atomic E-state index is 12.4. The highest BCUT2D eigenvalue weighted by atomic mass is 16.2. The van der Waals surface area contributed by atoms with Crippen molar-refractivity contribution in [1.82, 2.24) is 20.3 Å². The second kappa shape index (κ2) is 7.71. The molecule has 0 aliphatic rings. The highest BCUT2D eigenvalue weighted by Crippen LogP contribution is 2.15. The standard InChI is InChI=1S/C21H17N5O2/c27-20(16-2-1-9-22-12-16)23-11-14-3-6-17(7-4-14)26-21(28)15-5-8-18-19(10-15)25-13-24-18/h1-10,12-13H,11H2,(H,23,27)(H,24,25)(H,26,28). The van der Waals surface area contributed by atoms with Gasteiger partial charge in [0.25, 0.3) is 11.8 Å². The van der Waals surface area contributed by atoms with Crippen LogP contribution in [0.1, 0.15) is 26.3 Å². The van der Waals surface area contributed by atoms with Crippen molar-refractivity contribution < 1.29 is 9.59 Å². The monoisotopic (exact) mass is 371 g/mol. The van der Waals surface area contributed by atoms with Crippen LogP contribution in [0.5, 0.6) is 0 Å². The first kappa shape index (κ1) is 17.4. The van der Waals surface area contributed by atoms with Gasteiger partial charge in [-0.2, -0.15) is 0 Å². The SMILES string of the molecule is O=C(NCc1ccc(NC(=O)c2ccc3nc[nH]c3c2)cc1)c1cccnc1. The lowest BCUT2D eigenvalue weighted by Gasteiger charge is -2.08. The lowest BCUT2D eigenvalue weighted by molar-refractivity contribution is 0.0949. The van der Waals surface area contributed by atoms with Crippen LogP contribution < -0.4 is 10.6 Å². The summed E-state index contributed by atoms with van der Waals surface area (Å²) in [6, 6.07) is 16.1. The van der Waals surface area contributed by atoms with E-state index in [4.69, 9.17) is 0 Å². The zero-order chi connectivity index (χ0) is 19.3. The van der Waals surface area contributed by atoms with Gasteiger partial charge in [0.05, 0.1) is 22.9 Å². The van der Waals surface area contributed by atoms with Crippen molar-refractivity contribution in [3.05, 3.63) is 90.0 Å². The molecule has 138 valence electrons. The van der Waals surface area contributed by atoms with E-state index in [2.05, 4.69) is 25.6 Å². The Morgan fingerprint density at radius 3 is 2.61 bits per heavy atom. The van der Waals surface area contributed by atoms with Gasteiger partial charge in [0.15, 0.2) is 0 Å². The molecule has 2 amide bonds. The summed E-state index contributed by atoms with van der Waals surface area (Å²) in [5.74, 6) is -0.381. The van der Waals surface area contributed by atoms with Crippen LogP contribution in [0.15, 0.2) is 73.3 Å². The van der Waals surface area contributed by atoms with Crippen LogP contribution >= 0.6 is 0 Å². The maximum atomic E-state index is 12.4. The third kappa shape index (κ3) is 3.88. The lowest BCUT2D eigenvalue weighted by Crippen LogP contribution is -2.22. The average molecular weight is 371 g/mol. The lowest BCUT2D eigenvalue weighted by atomic mass is 10.1. The number of carbonyl (C=O) groups excluding carboxylic acids is 2. The first-order valence-corrected chi connectivity index (χ1v) is 8.71. The number of aromatic nitrogens is 3. The number of benzene rings is 2. The number of hydrogen-bond acceptors (Lipinski definition) is 4. The molecule has 0 bridgehead atoms. The first-order valence-electron chi connectivity index (χ1n) is 8.71. The summed E-state index contributed by atoms with van der Waals surface area (Å²) < 4.78 is 0. The van der Waals surface area contributed by atoms with Crippen molar-refractivity contribution in [2.75, 3.05) is 5.32 Å². The number of anilines is 1. The molecule has 2 heterocycles. The van der Waals surface area contributed by atoms with Gasteiger partial charge in [-0.25, -0.2) is 4.98 Å². The second-order valence-electron chi connectivity index (χ2n) is 6.21. The first-order chi connectivity index (χ1) is 13.7. The molecule has 0 radical (unpaired) electrons. The quantitative estimate of drug-likeness (QED) is 0.502. The number of H-pyrrole nitrogens is 1. The van der Waals surface area contributed by atoms with Crippen molar-refractivity contribution in [1.29, 1.82) is 0 Å². The summed E-state index contributed by atoms with van der Waals surface area (Å²) in [5, 5.41) is 5.70. The number of carbonyl (C=O) groups is 2. The highest BCUT2D eigenvalue weighted by molar-refractivity contribution is 6.05. The van der Waals surface area contributed by atoms with Crippen LogP contribution in [0, 0.1) is 0 Å². The van der Waals surface area contributed by atoms with Crippen molar-refractivity contribution in [3.63, 3.8) is 0 Å². The van der Waals surface area contributed by atoms with Crippen LogP contribution in [0.2, 0.25) is 0 Å². The molecule has 0 atom stereocenters. The molecule has 0 saturated carbocycles. The molecule has 28 heavy (non-hydrogen) atoms. The summed E-state index contributed by atoms with van der Waals surface area (Å²) in [7, 11) is 0. The van der Waals surface area contributed by atoms with Gasteiger partial charge in [-0.3, -0.25) is 14.6 Å². The predicted molar refractivity (Wildman–Crippen MR) is 106 cm³/mol. The highest BCUT2D eigenvalue weighted by Gasteiger charge is 2.08.